The van der Waals surface area contributed by atoms with Crippen LogP contribution in [0, 0.1) is 5.92 Å². The first-order valence-electron chi connectivity index (χ1n) is 7.49. The summed E-state index contributed by atoms with van der Waals surface area (Å²) in [5, 5.41) is 6.35. The number of benzene rings is 1. The number of rotatable bonds is 5. The number of carbonyl (C=O) groups is 1. The maximum atomic E-state index is 11.3. The van der Waals surface area contributed by atoms with Crippen molar-refractivity contribution in [3.63, 3.8) is 0 Å². The lowest BCUT2D eigenvalue weighted by molar-refractivity contribution is -0.115. The summed E-state index contributed by atoms with van der Waals surface area (Å²) in [6, 6.07) is 7.95. The van der Waals surface area contributed by atoms with Gasteiger partial charge in [0, 0.05) is 24.3 Å². The molecule has 1 amide bonds. The number of carbonyl (C=O) groups excluding carboxylic acids is 1. The van der Waals surface area contributed by atoms with Crippen molar-refractivity contribution in [3.8, 4) is 0 Å². The van der Waals surface area contributed by atoms with Crippen molar-refractivity contribution in [3.05, 3.63) is 24.3 Å². The van der Waals surface area contributed by atoms with E-state index in [-0.39, 0.29) is 5.91 Å². The van der Waals surface area contributed by atoms with E-state index in [1.807, 2.05) is 31.2 Å². The van der Waals surface area contributed by atoms with Crippen molar-refractivity contribution in [1.29, 1.82) is 0 Å². The first kappa shape index (κ1) is 14.9. The van der Waals surface area contributed by atoms with E-state index in [4.69, 9.17) is 0 Å². The third-order valence-electron chi connectivity index (χ3n) is 3.92. The van der Waals surface area contributed by atoms with E-state index in [1.54, 1.807) is 0 Å². The van der Waals surface area contributed by atoms with E-state index >= 15 is 0 Å². The molecule has 0 unspecified atom stereocenters. The molecule has 0 radical (unpaired) electrons. The minimum absolute atomic E-state index is 0.0528. The summed E-state index contributed by atoms with van der Waals surface area (Å²) >= 11 is 0. The fraction of sp³-hybridized carbons (Fsp3) is 0.562. The predicted octanol–water partition coefficient (Wildman–Crippen LogP) is 2.79. The molecule has 1 saturated heterocycles. The summed E-state index contributed by atoms with van der Waals surface area (Å²) in [6.07, 6.45) is 3.05. The minimum atomic E-state index is 0.0528. The van der Waals surface area contributed by atoms with Crippen LogP contribution < -0.4 is 10.6 Å². The molecule has 0 bridgehead atoms. The lowest BCUT2D eigenvalue weighted by Crippen LogP contribution is -2.32. The highest BCUT2D eigenvalue weighted by atomic mass is 16.1. The number of piperidine rings is 1. The van der Waals surface area contributed by atoms with Crippen LogP contribution in [0.1, 0.15) is 26.2 Å². The Morgan fingerprint density at radius 3 is 2.40 bits per heavy atom. The molecule has 2 rings (SSSR count). The molecule has 0 aromatic heterocycles. The van der Waals surface area contributed by atoms with E-state index in [0.717, 1.165) is 23.8 Å². The van der Waals surface area contributed by atoms with Crippen LogP contribution in [0.15, 0.2) is 24.3 Å². The van der Waals surface area contributed by atoms with Crippen LogP contribution in [0.5, 0.6) is 0 Å². The molecular weight excluding hydrogens is 250 g/mol. The highest BCUT2D eigenvalue weighted by Crippen LogP contribution is 2.18. The van der Waals surface area contributed by atoms with E-state index < -0.39 is 0 Å². The lowest BCUT2D eigenvalue weighted by atomic mass is 9.97. The number of hydrogen-bond acceptors (Lipinski definition) is 3. The molecule has 4 heteroatoms. The average Bonchev–Trinajstić information content (AvgIpc) is 2.48. The topological polar surface area (TPSA) is 44.4 Å². The Kier molecular flexibility index (Phi) is 5.41. The molecular formula is C16H25N3O. The second-order valence-corrected chi connectivity index (χ2v) is 5.61. The standard InChI is InChI=1S/C16H25N3O/c1-3-16(20)18-15-6-4-14(5-7-15)17-12-13-8-10-19(2)11-9-13/h4-7,13,17H,3,8-12H2,1-2H3,(H,18,20). The lowest BCUT2D eigenvalue weighted by Gasteiger charge is -2.29. The Morgan fingerprint density at radius 2 is 1.80 bits per heavy atom. The maximum Gasteiger partial charge on any atom is 0.224 e. The maximum absolute atomic E-state index is 11.3. The molecule has 0 spiro atoms. The van der Waals surface area contributed by atoms with Gasteiger partial charge in [-0.3, -0.25) is 4.79 Å². The zero-order valence-corrected chi connectivity index (χ0v) is 12.5. The van der Waals surface area contributed by atoms with Gasteiger partial charge < -0.3 is 15.5 Å². The molecule has 110 valence electrons. The molecule has 1 fully saturated rings. The highest BCUT2D eigenvalue weighted by molar-refractivity contribution is 5.90. The van der Waals surface area contributed by atoms with Crippen molar-refractivity contribution in [2.24, 2.45) is 5.92 Å². The van der Waals surface area contributed by atoms with Crippen molar-refractivity contribution < 1.29 is 4.79 Å². The van der Waals surface area contributed by atoms with Gasteiger partial charge in [-0.15, -0.1) is 0 Å². The van der Waals surface area contributed by atoms with Crippen molar-refractivity contribution in [2.45, 2.75) is 26.2 Å². The summed E-state index contributed by atoms with van der Waals surface area (Å²) in [7, 11) is 2.19. The van der Waals surface area contributed by atoms with Gasteiger partial charge in [-0.25, -0.2) is 0 Å². The number of likely N-dealkylation sites (tertiary alicyclic amines) is 1. The normalized spacial score (nSPS) is 16.9. The summed E-state index contributed by atoms with van der Waals surface area (Å²) in [5.41, 5.74) is 1.99. The van der Waals surface area contributed by atoms with E-state index in [2.05, 4.69) is 22.6 Å². The van der Waals surface area contributed by atoms with Gasteiger partial charge >= 0.3 is 0 Å². The number of amides is 1. The smallest absolute Gasteiger partial charge is 0.224 e. The first-order chi connectivity index (χ1) is 9.67. The molecule has 20 heavy (non-hydrogen) atoms. The number of hydrogen-bond donors (Lipinski definition) is 2. The van der Waals surface area contributed by atoms with Crippen LogP contribution in [-0.4, -0.2) is 37.5 Å². The van der Waals surface area contributed by atoms with Crippen LogP contribution in [0.2, 0.25) is 0 Å². The third kappa shape index (κ3) is 4.53. The Labute approximate surface area is 121 Å². The Bertz CT molecular complexity index is 422. The fourth-order valence-electron chi connectivity index (χ4n) is 2.45. The van der Waals surface area contributed by atoms with Gasteiger partial charge in [0.2, 0.25) is 5.91 Å². The van der Waals surface area contributed by atoms with Gasteiger partial charge in [0.1, 0.15) is 0 Å². The molecule has 1 aromatic rings. The molecule has 0 aliphatic carbocycles. The molecule has 2 N–H and O–H groups in total. The zero-order valence-electron chi connectivity index (χ0n) is 12.5. The van der Waals surface area contributed by atoms with Crippen LogP contribution in [-0.2, 0) is 4.79 Å². The number of nitrogens with one attached hydrogen (secondary N) is 2. The molecule has 1 aromatic carbocycles. The van der Waals surface area contributed by atoms with Gasteiger partial charge in [0.25, 0.3) is 0 Å². The van der Waals surface area contributed by atoms with Gasteiger partial charge in [0.15, 0.2) is 0 Å². The van der Waals surface area contributed by atoms with Gasteiger partial charge in [-0.05, 0) is 63.2 Å². The Hall–Kier alpha value is -1.55. The van der Waals surface area contributed by atoms with E-state index in [1.165, 1.54) is 25.9 Å². The van der Waals surface area contributed by atoms with Crippen LogP contribution in [0.25, 0.3) is 0 Å². The summed E-state index contributed by atoms with van der Waals surface area (Å²) in [6.45, 7) is 5.30. The van der Waals surface area contributed by atoms with Crippen molar-refractivity contribution in [1.82, 2.24) is 4.90 Å². The van der Waals surface area contributed by atoms with E-state index in [0.29, 0.717) is 6.42 Å². The first-order valence-corrected chi connectivity index (χ1v) is 7.49. The molecule has 0 atom stereocenters. The van der Waals surface area contributed by atoms with Gasteiger partial charge in [-0.2, -0.15) is 0 Å². The van der Waals surface area contributed by atoms with E-state index in [9.17, 15) is 4.79 Å². The minimum Gasteiger partial charge on any atom is -0.385 e. The highest BCUT2D eigenvalue weighted by Gasteiger charge is 2.15. The molecule has 1 aliphatic rings. The summed E-state index contributed by atoms with van der Waals surface area (Å²) in [5.74, 6) is 0.822. The van der Waals surface area contributed by atoms with Crippen LogP contribution in [0.4, 0.5) is 11.4 Å². The van der Waals surface area contributed by atoms with Crippen molar-refractivity contribution >= 4 is 17.3 Å². The fourth-order valence-corrected chi connectivity index (χ4v) is 2.45. The monoisotopic (exact) mass is 275 g/mol. The second kappa shape index (κ2) is 7.29. The van der Waals surface area contributed by atoms with Crippen LogP contribution >= 0.6 is 0 Å². The van der Waals surface area contributed by atoms with Gasteiger partial charge in [0.05, 0.1) is 0 Å². The largest absolute Gasteiger partial charge is 0.385 e. The quantitative estimate of drug-likeness (QED) is 0.868. The van der Waals surface area contributed by atoms with Crippen molar-refractivity contribution in [2.75, 3.05) is 37.3 Å². The van der Waals surface area contributed by atoms with Crippen LogP contribution in [0.3, 0.4) is 0 Å². The molecule has 1 aliphatic heterocycles. The third-order valence-corrected chi connectivity index (χ3v) is 3.92. The number of anilines is 2. The predicted molar refractivity (Wildman–Crippen MR) is 84.1 cm³/mol. The summed E-state index contributed by atoms with van der Waals surface area (Å²) in [4.78, 5) is 13.7. The summed E-state index contributed by atoms with van der Waals surface area (Å²) < 4.78 is 0. The second-order valence-electron chi connectivity index (χ2n) is 5.61. The Balaban J connectivity index is 1.77. The molecule has 0 saturated carbocycles. The Morgan fingerprint density at radius 1 is 1.20 bits per heavy atom. The van der Waals surface area contributed by atoms with Gasteiger partial charge in [-0.1, -0.05) is 6.92 Å². The SMILES string of the molecule is CCC(=O)Nc1ccc(NCC2CCN(C)CC2)cc1. The molecule has 4 nitrogen and oxygen atoms in total. The molecule has 1 heterocycles. The number of nitrogens with zero attached hydrogens (tertiary/aromatic N) is 1. The average molecular weight is 275 g/mol. The zero-order chi connectivity index (χ0) is 14.4.